The van der Waals surface area contributed by atoms with Crippen LogP contribution in [0.1, 0.15) is 13.3 Å². The minimum absolute atomic E-state index is 0.944. The Hall–Kier alpha value is -0.660. The van der Waals surface area contributed by atoms with Gasteiger partial charge >= 0.3 is 0 Å². The van der Waals surface area contributed by atoms with Crippen LogP contribution < -0.4 is 0 Å². The second-order valence-electron chi connectivity index (χ2n) is 1.34. The van der Waals surface area contributed by atoms with E-state index in [0.717, 1.165) is 12.1 Å². The summed E-state index contributed by atoms with van der Waals surface area (Å²) in [4.78, 5) is 0. The van der Waals surface area contributed by atoms with Crippen molar-refractivity contribution >= 4 is 11.9 Å². The van der Waals surface area contributed by atoms with Crippen molar-refractivity contribution in [1.29, 1.82) is 0 Å². The van der Waals surface area contributed by atoms with Crippen LogP contribution in [-0.2, 0) is 0 Å². The van der Waals surface area contributed by atoms with Gasteiger partial charge in [0, 0.05) is 18.3 Å². The van der Waals surface area contributed by atoms with Gasteiger partial charge in [-0.05, 0) is 6.92 Å². The molecule has 0 saturated heterocycles. The molecule has 0 N–H and O–H groups in total. The molecule has 0 aliphatic carbocycles. The third-order valence-electron chi connectivity index (χ3n) is 0.697. The molecule has 2 nitrogen and oxygen atoms in total. The Balaban J connectivity index is 2.61. The molecule has 0 atom stereocenters. The predicted molar refractivity (Wildman–Crippen MR) is 26.2 cm³/mol. The fraction of sp³-hybridized carbons (Fsp3) is 0.500. The van der Waals surface area contributed by atoms with E-state index in [9.17, 15) is 0 Å². The lowest BCUT2D eigenvalue weighted by Gasteiger charge is -1.73. The number of hydrogen-bond acceptors (Lipinski definition) is 2. The number of hydrogen-bond donors (Lipinski definition) is 0. The molecule has 0 saturated carbocycles. The topological polar surface area (TPSA) is 24.7 Å². The van der Waals surface area contributed by atoms with Gasteiger partial charge in [-0.15, -0.1) is 0 Å². The van der Waals surface area contributed by atoms with Crippen molar-refractivity contribution in [3.63, 3.8) is 0 Å². The van der Waals surface area contributed by atoms with Gasteiger partial charge in [0.1, 0.15) is 0 Å². The molecule has 0 aromatic carbocycles. The van der Waals surface area contributed by atoms with Crippen LogP contribution in [0.15, 0.2) is 10.2 Å². The molecule has 1 heterocycles. The average molecular weight is 82.1 g/mol. The van der Waals surface area contributed by atoms with E-state index in [0.29, 0.717) is 0 Å². The van der Waals surface area contributed by atoms with Crippen molar-refractivity contribution in [3.8, 4) is 0 Å². The summed E-state index contributed by atoms with van der Waals surface area (Å²) in [5.41, 5.74) is 1.11. The lowest BCUT2D eigenvalue weighted by Crippen LogP contribution is -1.81. The second kappa shape index (κ2) is 1.20. The zero-order valence-corrected chi connectivity index (χ0v) is 3.68. The third kappa shape index (κ3) is 0.455. The Bertz CT molecular complexity index is 102. The minimum atomic E-state index is 0.944. The first-order chi connectivity index (χ1) is 2.89. The SMILES string of the molecule is CC1=NN=CC1. The summed E-state index contributed by atoms with van der Waals surface area (Å²) in [7, 11) is 0. The molecule has 0 radical (unpaired) electrons. The van der Waals surface area contributed by atoms with E-state index in [-0.39, 0.29) is 0 Å². The van der Waals surface area contributed by atoms with E-state index in [1.807, 2.05) is 6.92 Å². The third-order valence-corrected chi connectivity index (χ3v) is 0.697. The Morgan fingerprint density at radius 1 is 1.83 bits per heavy atom. The van der Waals surface area contributed by atoms with Gasteiger partial charge in [-0.3, -0.25) is 0 Å². The van der Waals surface area contributed by atoms with Crippen LogP contribution in [0.5, 0.6) is 0 Å². The molecule has 0 bridgehead atoms. The Morgan fingerprint density at radius 2 is 2.67 bits per heavy atom. The van der Waals surface area contributed by atoms with Crippen LogP contribution in [0.25, 0.3) is 0 Å². The monoisotopic (exact) mass is 82.1 g/mol. The molecular weight excluding hydrogens is 76.1 g/mol. The highest BCUT2D eigenvalue weighted by molar-refractivity contribution is 5.96. The summed E-state index contributed by atoms with van der Waals surface area (Å²) in [6.45, 7) is 1.97. The molecule has 0 spiro atoms. The molecule has 2 heteroatoms. The van der Waals surface area contributed by atoms with Gasteiger partial charge in [-0.2, -0.15) is 10.2 Å². The highest BCUT2D eigenvalue weighted by Crippen LogP contribution is 1.90. The summed E-state index contributed by atoms with van der Waals surface area (Å²) in [5, 5.41) is 7.35. The van der Waals surface area contributed by atoms with Gasteiger partial charge in [0.15, 0.2) is 0 Å². The molecule has 1 aliphatic heterocycles. The van der Waals surface area contributed by atoms with Gasteiger partial charge in [-0.1, -0.05) is 0 Å². The normalized spacial score (nSPS) is 18.5. The molecule has 0 aromatic heterocycles. The lowest BCUT2D eigenvalue weighted by atomic mass is 10.3. The first kappa shape index (κ1) is 3.53. The highest BCUT2D eigenvalue weighted by Gasteiger charge is 1.90. The maximum atomic E-state index is 3.72. The highest BCUT2D eigenvalue weighted by atomic mass is 15.2. The molecule has 1 rings (SSSR count). The molecule has 0 amide bonds. The first-order valence-electron chi connectivity index (χ1n) is 1.94. The van der Waals surface area contributed by atoms with Crippen LogP contribution in [0.4, 0.5) is 0 Å². The zero-order chi connectivity index (χ0) is 4.41. The molecule has 0 fully saturated rings. The van der Waals surface area contributed by atoms with E-state index in [1.54, 1.807) is 6.21 Å². The smallest absolute Gasteiger partial charge is 0.0428 e. The summed E-state index contributed by atoms with van der Waals surface area (Å²) < 4.78 is 0. The lowest BCUT2D eigenvalue weighted by molar-refractivity contribution is 1.27. The number of nitrogens with zero attached hydrogens (tertiary/aromatic N) is 2. The van der Waals surface area contributed by atoms with Gasteiger partial charge in [0.2, 0.25) is 0 Å². The van der Waals surface area contributed by atoms with E-state index >= 15 is 0 Å². The standard InChI is InChI=1S/C4H6N2/c1-4-2-3-5-6-4/h3H,2H2,1H3. The maximum absolute atomic E-state index is 3.72. The van der Waals surface area contributed by atoms with Crippen molar-refractivity contribution in [2.24, 2.45) is 10.2 Å². The van der Waals surface area contributed by atoms with Crippen molar-refractivity contribution < 1.29 is 0 Å². The van der Waals surface area contributed by atoms with E-state index in [1.165, 1.54) is 0 Å². The summed E-state index contributed by atoms with van der Waals surface area (Å²) in [6.07, 6.45) is 2.75. The van der Waals surface area contributed by atoms with Gasteiger partial charge < -0.3 is 0 Å². The minimum Gasteiger partial charge on any atom is -0.163 e. The fourth-order valence-electron chi connectivity index (χ4n) is 0.353. The molecule has 0 aromatic rings. The van der Waals surface area contributed by atoms with Crippen molar-refractivity contribution in [3.05, 3.63) is 0 Å². The summed E-state index contributed by atoms with van der Waals surface area (Å²) >= 11 is 0. The molecule has 1 aliphatic rings. The van der Waals surface area contributed by atoms with Gasteiger partial charge in [0.05, 0.1) is 0 Å². The molecule has 0 unspecified atom stereocenters. The Labute approximate surface area is 36.6 Å². The summed E-state index contributed by atoms with van der Waals surface area (Å²) in [6, 6.07) is 0. The van der Waals surface area contributed by atoms with Crippen LogP contribution in [0.3, 0.4) is 0 Å². The quantitative estimate of drug-likeness (QED) is 0.413. The van der Waals surface area contributed by atoms with Crippen LogP contribution in [-0.4, -0.2) is 11.9 Å². The van der Waals surface area contributed by atoms with E-state index in [2.05, 4.69) is 10.2 Å². The van der Waals surface area contributed by atoms with Crippen LogP contribution in [0.2, 0.25) is 0 Å². The summed E-state index contributed by atoms with van der Waals surface area (Å²) in [5.74, 6) is 0. The average Bonchev–Trinajstić information content (AvgIpc) is 1.86. The Morgan fingerprint density at radius 3 is 2.83 bits per heavy atom. The molecule has 6 heavy (non-hydrogen) atoms. The number of rotatable bonds is 0. The molecular formula is C4H6N2. The van der Waals surface area contributed by atoms with Crippen molar-refractivity contribution in [2.45, 2.75) is 13.3 Å². The second-order valence-corrected chi connectivity index (χ2v) is 1.34. The van der Waals surface area contributed by atoms with Gasteiger partial charge in [0.25, 0.3) is 0 Å². The first-order valence-corrected chi connectivity index (χ1v) is 1.94. The van der Waals surface area contributed by atoms with E-state index < -0.39 is 0 Å². The Kier molecular flexibility index (Phi) is 0.708. The van der Waals surface area contributed by atoms with Crippen LogP contribution in [0, 0.1) is 0 Å². The van der Waals surface area contributed by atoms with Crippen LogP contribution >= 0.6 is 0 Å². The maximum Gasteiger partial charge on any atom is 0.0428 e. The fourth-order valence-corrected chi connectivity index (χ4v) is 0.353. The van der Waals surface area contributed by atoms with Crippen molar-refractivity contribution in [2.75, 3.05) is 0 Å². The van der Waals surface area contributed by atoms with Gasteiger partial charge in [-0.25, -0.2) is 0 Å². The van der Waals surface area contributed by atoms with E-state index in [4.69, 9.17) is 0 Å². The molecule has 32 valence electrons. The van der Waals surface area contributed by atoms with Crippen molar-refractivity contribution in [1.82, 2.24) is 0 Å². The zero-order valence-electron chi connectivity index (χ0n) is 3.68. The largest absolute Gasteiger partial charge is 0.163 e. The predicted octanol–water partition coefficient (Wildman–Crippen LogP) is 0.837.